The molecule has 1 aliphatic rings. The van der Waals surface area contributed by atoms with Crippen LogP contribution in [0.2, 0.25) is 0 Å². The van der Waals surface area contributed by atoms with E-state index in [9.17, 15) is 8.42 Å². The van der Waals surface area contributed by atoms with Gasteiger partial charge in [-0.05, 0) is 37.5 Å². The van der Waals surface area contributed by atoms with Gasteiger partial charge in [0.05, 0.1) is 13.3 Å². The van der Waals surface area contributed by atoms with Gasteiger partial charge in [-0.15, -0.1) is 0 Å². The fourth-order valence-electron chi connectivity index (χ4n) is 3.04. The number of aryl methyl sites for hydroxylation is 1. The Morgan fingerprint density at radius 2 is 1.93 bits per heavy atom. The molecule has 9 heteroatoms. The summed E-state index contributed by atoms with van der Waals surface area (Å²) in [6, 6.07) is 5.02. The molecule has 27 heavy (non-hydrogen) atoms. The van der Waals surface area contributed by atoms with Crippen LogP contribution in [0.15, 0.2) is 29.3 Å². The molecular weight excluding hydrogens is 366 g/mol. The highest BCUT2D eigenvalue weighted by Gasteiger charge is 2.24. The van der Waals surface area contributed by atoms with E-state index in [2.05, 4.69) is 19.6 Å². The largest absolute Gasteiger partial charge is 0.495 e. The van der Waals surface area contributed by atoms with E-state index in [-0.39, 0.29) is 10.6 Å². The molecular formula is C18H25N5O3S. The first kappa shape index (κ1) is 19.2. The van der Waals surface area contributed by atoms with Gasteiger partial charge in [-0.2, -0.15) is 4.98 Å². The minimum absolute atomic E-state index is 0.0818. The van der Waals surface area contributed by atoms with Gasteiger partial charge in [0.2, 0.25) is 5.95 Å². The Hall–Kier alpha value is -2.55. The lowest BCUT2D eigenvalue weighted by Gasteiger charge is -2.21. The highest BCUT2D eigenvalue weighted by atomic mass is 32.2. The number of hydrogen-bond acceptors (Lipinski definition) is 7. The Morgan fingerprint density at radius 1 is 1.22 bits per heavy atom. The van der Waals surface area contributed by atoms with Crippen molar-refractivity contribution >= 4 is 27.5 Å². The van der Waals surface area contributed by atoms with Crippen molar-refractivity contribution in [1.82, 2.24) is 9.97 Å². The molecule has 0 atom stereocenters. The quantitative estimate of drug-likeness (QED) is 0.808. The highest BCUT2D eigenvalue weighted by Crippen LogP contribution is 2.30. The summed E-state index contributed by atoms with van der Waals surface area (Å²) >= 11 is 0. The van der Waals surface area contributed by atoms with Crippen molar-refractivity contribution in [1.29, 1.82) is 0 Å². The van der Waals surface area contributed by atoms with E-state index in [1.165, 1.54) is 13.3 Å². The average molecular weight is 391 g/mol. The van der Waals surface area contributed by atoms with Gasteiger partial charge in [0.15, 0.2) is 5.82 Å². The molecule has 1 aliphatic heterocycles. The second-order valence-electron chi connectivity index (χ2n) is 6.76. The number of anilines is 3. The van der Waals surface area contributed by atoms with Gasteiger partial charge in [-0.3, -0.25) is 4.72 Å². The molecule has 1 aromatic carbocycles. The van der Waals surface area contributed by atoms with Crippen LogP contribution >= 0.6 is 0 Å². The third-order valence-electron chi connectivity index (χ3n) is 4.42. The summed E-state index contributed by atoms with van der Waals surface area (Å²) in [5, 5.41) is 0. The lowest BCUT2D eigenvalue weighted by molar-refractivity contribution is 0.402. The molecule has 0 amide bonds. The van der Waals surface area contributed by atoms with Crippen molar-refractivity contribution in [2.45, 2.75) is 24.7 Å². The van der Waals surface area contributed by atoms with Crippen LogP contribution in [0, 0.1) is 6.92 Å². The number of nitrogens with zero attached hydrogens (tertiary/aromatic N) is 4. The molecule has 0 saturated carbocycles. The first-order chi connectivity index (χ1) is 12.8. The van der Waals surface area contributed by atoms with E-state index in [1.807, 2.05) is 21.0 Å². The average Bonchev–Trinajstić information content (AvgIpc) is 3.16. The SMILES string of the molecule is COc1ccc(C)cc1S(=O)(=O)Nc1cnc(N2CCCC2)nc1N(C)C. The molecule has 0 radical (unpaired) electrons. The predicted molar refractivity (Wildman–Crippen MR) is 106 cm³/mol. The summed E-state index contributed by atoms with van der Waals surface area (Å²) in [6.07, 6.45) is 3.75. The smallest absolute Gasteiger partial charge is 0.265 e. The van der Waals surface area contributed by atoms with Crippen LogP contribution in [0.4, 0.5) is 17.5 Å². The second kappa shape index (κ2) is 7.59. The second-order valence-corrected chi connectivity index (χ2v) is 8.41. The number of aromatic nitrogens is 2. The normalized spacial score (nSPS) is 14.3. The van der Waals surface area contributed by atoms with Gasteiger partial charge < -0.3 is 14.5 Å². The number of hydrogen-bond donors (Lipinski definition) is 1. The molecule has 1 aromatic heterocycles. The number of sulfonamides is 1. The summed E-state index contributed by atoms with van der Waals surface area (Å²) in [6.45, 7) is 3.66. The summed E-state index contributed by atoms with van der Waals surface area (Å²) in [5.41, 5.74) is 1.15. The van der Waals surface area contributed by atoms with Crippen molar-refractivity contribution in [2.75, 3.05) is 48.8 Å². The minimum Gasteiger partial charge on any atom is -0.495 e. The van der Waals surface area contributed by atoms with Crippen LogP contribution < -0.4 is 19.3 Å². The van der Waals surface area contributed by atoms with Crippen LogP contribution in [0.25, 0.3) is 0 Å². The summed E-state index contributed by atoms with van der Waals surface area (Å²) < 4.78 is 33.8. The zero-order valence-electron chi connectivity index (χ0n) is 16.1. The van der Waals surface area contributed by atoms with Gasteiger partial charge in [-0.25, -0.2) is 13.4 Å². The van der Waals surface area contributed by atoms with E-state index in [1.54, 1.807) is 23.1 Å². The Bertz CT molecular complexity index is 925. The maximum Gasteiger partial charge on any atom is 0.265 e. The van der Waals surface area contributed by atoms with Gasteiger partial charge in [0.1, 0.15) is 16.3 Å². The lowest BCUT2D eigenvalue weighted by Crippen LogP contribution is -2.24. The molecule has 3 rings (SSSR count). The molecule has 0 unspecified atom stereocenters. The molecule has 2 heterocycles. The topological polar surface area (TPSA) is 87.7 Å². The van der Waals surface area contributed by atoms with Crippen molar-refractivity contribution in [2.24, 2.45) is 0 Å². The predicted octanol–water partition coefficient (Wildman–Crippen LogP) is 2.26. The van der Waals surface area contributed by atoms with E-state index in [4.69, 9.17) is 4.74 Å². The van der Waals surface area contributed by atoms with Crippen LogP contribution in [0.3, 0.4) is 0 Å². The molecule has 2 aromatic rings. The third-order valence-corrected chi connectivity index (χ3v) is 5.81. The molecule has 1 N–H and O–H groups in total. The summed E-state index contributed by atoms with van der Waals surface area (Å²) in [4.78, 5) is 12.9. The number of methoxy groups -OCH3 is 1. The van der Waals surface area contributed by atoms with Gasteiger partial charge in [-0.1, -0.05) is 6.07 Å². The van der Waals surface area contributed by atoms with Crippen molar-refractivity contribution < 1.29 is 13.2 Å². The highest BCUT2D eigenvalue weighted by molar-refractivity contribution is 7.92. The molecule has 0 aliphatic carbocycles. The van der Waals surface area contributed by atoms with Gasteiger partial charge >= 0.3 is 0 Å². The number of nitrogens with one attached hydrogen (secondary N) is 1. The number of ether oxygens (including phenoxy) is 1. The van der Waals surface area contributed by atoms with Crippen molar-refractivity contribution in [3.63, 3.8) is 0 Å². The standard InChI is InChI=1S/C18H25N5O3S/c1-13-7-8-15(26-4)16(11-13)27(24,25)21-14-12-19-18(20-17(14)22(2)3)23-9-5-6-10-23/h7-8,11-12,21H,5-6,9-10H2,1-4H3. The van der Waals surface area contributed by atoms with E-state index < -0.39 is 10.0 Å². The van der Waals surface area contributed by atoms with Crippen LogP contribution in [0.5, 0.6) is 5.75 Å². The Morgan fingerprint density at radius 3 is 2.56 bits per heavy atom. The number of rotatable bonds is 6. The molecule has 0 bridgehead atoms. The Kier molecular flexibility index (Phi) is 5.41. The maximum atomic E-state index is 13.0. The van der Waals surface area contributed by atoms with Gasteiger partial charge in [0.25, 0.3) is 10.0 Å². The molecule has 1 fully saturated rings. The monoisotopic (exact) mass is 391 g/mol. The molecule has 1 saturated heterocycles. The zero-order valence-corrected chi connectivity index (χ0v) is 16.9. The lowest BCUT2D eigenvalue weighted by atomic mass is 10.2. The Labute approximate surface area is 160 Å². The van der Waals surface area contributed by atoms with Crippen LogP contribution in [-0.2, 0) is 10.0 Å². The van der Waals surface area contributed by atoms with Crippen molar-refractivity contribution in [3.8, 4) is 5.75 Å². The van der Waals surface area contributed by atoms with E-state index in [0.717, 1.165) is 31.5 Å². The molecule has 0 spiro atoms. The Balaban J connectivity index is 1.97. The summed E-state index contributed by atoms with van der Waals surface area (Å²) in [5.74, 6) is 1.42. The maximum absolute atomic E-state index is 13.0. The van der Waals surface area contributed by atoms with Gasteiger partial charge in [0, 0.05) is 27.2 Å². The zero-order chi connectivity index (χ0) is 19.6. The van der Waals surface area contributed by atoms with Crippen LogP contribution in [-0.4, -0.2) is 52.7 Å². The van der Waals surface area contributed by atoms with E-state index >= 15 is 0 Å². The third kappa shape index (κ3) is 4.08. The first-order valence-electron chi connectivity index (χ1n) is 8.78. The minimum atomic E-state index is -3.86. The van der Waals surface area contributed by atoms with E-state index in [0.29, 0.717) is 17.5 Å². The molecule has 8 nitrogen and oxygen atoms in total. The molecule has 146 valence electrons. The number of benzene rings is 1. The van der Waals surface area contributed by atoms with Crippen LogP contribution in [0.1, 0.15) is 18.4 Å². The fourth-order valence-corrected chi connectivity index (χ4v) is 4.34. The van der Waals surface area contributed by atoms with Crippen molar-refractivity contribution in [3.05, 3.63) is 30.0 Å². The first-order valence-corrected chi connectivity index (χ1v) is 10.3. The summed E-state index contributed by atoms with van der Waals surface area (Å²) in [7, 11) is 1.23. The fraction of sp³-hybridized carbons (Fsp3) is 0.444.